The van der Waals surface area contributed by atoms with Crippen molar-refractivity contribution in [2.75, 3.05) is 11.9 Å². The van der Waals surface area contributed by atoms with Gasteiger partial charge in [-0.1, -0.05) is 31.5 Å². The highest BCUT2D eigenvalue weighted by Crippen LogP contribution is 2.25. The number of aryl methyl sites for hydroxylation is 3. The van der Waals surface area contributed by atoms with Gasteiger partial charge in [0.1, 0.15) is 5.69 Å². The average molecular weight is 311 g/mol. The van der Waals surface area contributed by atoms with E-state index in [-0.39, 0.29) is 5.91 Å². The van der Waals surface area contributed by atoms with Crippen LogP contribution >= 0.6 is 0 Å². The number of nitrogens with zero attached hydrogens (tertiary/aromatic N) is 1. The molecule has 0 aliphatic rings. The van der Waals surface area contributed by atoms with E-state index in [0.717, 1.165) is 11.4 Å². The van der Waals surface area contributed by atoms with E-state index in [4.69, 9.17) is 0 Å². The Kier molecular flexibility index (Phi) is 5.37. The molecule has 1 aromatic carbocycles. The zero-order valence-corrected chi connectivity index (χ0v) is 14.5. The summed E-state index contributed by atoms with van der Waals surface area (Å²) in [6.45, 7) is 11.0. The zero-order valence-electron chi connectivity index (χ0n) is 14.5. The van der Waals surface area contributed by atoms with E-state index in [9.17, 15) is 4.79 Å². The molecule has 1 amide bonds. The molecule has 4 heteroatoms. The van der Waals surface area contributed by atoms with Gasteiger partial charge >= 0.3 is 0 Å². The molecule has 0 aliphatic carbocycles. The molecule has 0 bridgehead atoms. The summed E-state index contributed by atoms with van der Waals surface area (Å²) in [5.41, 5.74) is 5.99. The van der Waals surface area contributed by atoms with Crippen LogP contribution in [0.1, 0.15) is 41.0 Å². The Morgan fingerprint density at radius 3 is 2.39 bits per heavy atom. The van der Waals surface area contributed by atoms with E-state index in [1.807, 2.05) is 6.07 Å². The zero-order chi connectivity index (χ0) is 17.0. The van der Waals surface area contributed by atoms with Crippen molar-refractivity contribution in [1.82, 2.24) is 10.3 Å². The second-order valence-corrected chi connectivity index (χ2v) is 6.43. The van der Waals surface area contributed by atoms with Crippen molar-refractivity contribution in [1.29, 1.82) is 0 Å². The number of pyridine rings is 1. The van der Waals surface area contributed by atoms with E-state index < -0.39 is 0 Å². The lowest BCUT2D eigenvalue weighted by molar-refractivity contribution is 0.0944. The standard InChI is InChI=1S/C19H25N3O/c1-12(2)11-21-19(23)17-10-16(6-7-20-17)22-18-14(4)8-13(3)9-15(18)5/h6-10,12H,11H2,1-5H3,(H,20,22)(H,21,23). The minimum Gasteiger partial charge on any atom is -0.355 e. The summed E-state index contributed by atoms with van der Waals surface area (Å²) in [6.07, 6.45) is 1.66. The average Bonchev–Trinajstić information content (AvgIpc) is 2.48. The number of carbonyl (C=O) groups excluding carboxylic acids is 1. The number of benzene rings is 1. The molecule has 0 saturated carbocycles. The molecule has 1 heterocycles. The molecule has 122 valence electrons. The van der Waals surface area contributed by atoms with Crippen molar-refractivity contribution < 1.29 is 4.79 Å². The number of nitrogens with one attached hydrogen (secondary N) is 2. The largest absolute Gasteiger partial charge is 0.355 e. The first-order valence-corrected chi connectivity index (χ1v) is 7.96. The van der Waals surface area contributed by atoms with E-state index in [0.29, 0.717) is 18.2 Å². The van der Waals surface area contributed by atoms with Gasteiger partial charge < -0.3 is 10.6 Å². The lowest BCUT2D eigenvalue weighted by atomic mass is 10.0. The topological polar surface area (TPSA) is 54.0 Å². The molecule has 23 heavy (non-hydrogen) atoms. The van der Waals surface area contributed by atoms with Crippen LogP contribution in [0.5, 0.6) is 0 Å². The number of carbonyl (C=O) groups is 1. The lowest BCUT2D eigenvalue weighted by Gasteiger charge is -2.14. The van der Waals surface area contributed by atoms with Crippen molar-refractivity contribution >= 4 is 17.3 Å². The highest BCUT2D eigenvalue weighted by Gasteiger charge is 2.10. The third kappa shape index (κ3) is 4.55. The Morgan fingerprint density at radius 2 is 1.78 bits per heavy atom. The molecule has 0 saturated heterocycles. The minimum absolute atomic E-state index is 0.139. The fourth-order valence-corrected chi connectivity index (χ4v) is 2.54. The van der Waals surface area contributed by atoms with E-state index >= 15 is 0 Å². The quantitative estimate of drug-likeness (QED) is 0.872. The number of anilines is 2. The van der Waals surface area contributed by atoms with Crippen LogP contribution in [0, 0.1) is 26.7 Å². The van der Waals surface area contributed by atoms with Crippen molar-refractivity contribution in [2.24, 2.45) is 5.92 Å². The molecule has 2 N–H and O–H groups in total. The highest BCUT2D eigenvalue weighted by atomic mass is 16.1. The van der Waals surface area contributed by atoms with Crippen molar-refractivity contribution in [3.8, 4) is 0 Å². The van der Waals surface area contributed by atoms with Gasteiger partial charge in [0, 0.05) is 24.1 Å². The summed E-state index contributed by atoms with van der Waals surface area (Å²) in [5, 5.41) is 6.30. The van der Waals surface area contributed by atoms with Crippen LogP contribution in [-0.4, -0.2) is 17.4 Å². The van der Waals surface area contributed by atoms with Gasteiger partial charge in [0.15, 0.2) is 0 Å². The summed E-state index contributed by atoms with van der Waals surface area (Å²) in [6, 6.07) is 7.95. The van der Waals surface area contributed by atoms with Crippen LogP contribution in [-0.2, 0) is 0 Å². The van der Waals surface area contributed by atoms with E-state index in [1.54, 1.807) is 12.3 Å². The van der Waals surface area contributed by atoms with Crippen LogP contribution in [0.3, 0.4) is 0 Å². The van der Waals surface area contributed by atoms with Crippen LogP contribution < -0.4 is 10.6 Å². The maximum absolute atomic E-state index is 12.1. The normalized spacial score (nSPS) is 10.7. The summed E-state index contributed by atoms with van der Waals surface area (Å²) in [4.78, 5) is 16.3. The second kappa shape index (κ2) is 7.27. The third-order valence-corrected chi connectivity index (χ3v) is 3.61. The summed E-state index contributed by atoms with van der Waals surface area (Å²) in [5.74, 6) is 0.276. The molecule has 0 atom stereocenters. The molecule has 2 rings (SSSR count). The first kappa shape index (κ1) is 17.0. The summed E-state index contributed by atoms with van der Waals surface area (Å²) >= 11 is 0. The fraction of sp³-hybridized carbons (Fsp3) is 0.368. The van der Waals surface area contributed by atoms with Crippen LogP contribution in [0.25, 0.3) is 0 Å². The number of hydrogen-bond donors (Lipinski definition) is 2. The molecular weight excluding hydrogens is 286 g/mol. The predicted molar refractivity (Wildman–Crippen MR) is 95.3 cm³/mol. The molecule has 2 aromatic rings. The van der Waals surface area contributed by atoms with Gasteiger partial charge in [-0.25, -0.2) is 0 Å². The SMILES string of the molecule is Cc1cc(C)c(Nc2ccnc(C(=O)NCC(C)C)c2)c(C)c1. The maximum Gasteiger partial charge on any atom is 0.269 e. The Morgan fingerprint density at radius 1 is 1.13 bits per heavy atom. The molecule has 0 radical (unpaired) electrons. The van der Waals surface area contributed by atoms with Crippen molar-refractivity contribution in [3.05, 3.63) is 52.8 Å². The first-order valence-electron chi connectivity index (χ1n) is 7.96. The van der Waals surface area contributed by atoms with Gasteiger partial charge in [-0.15, -0.1) is 0 Å². The van der Waals surface area contributed by atoms with E-state index in [2.05, 4.69) is 62.4 Å². The Bertz CT molecular complexity index is 685. The molecule has 0 fully saturated rings. The highest BCUT2D eigenvalue weighted by molar-refractivity contribution is 5.93. The number of aromatic nitrogens is 1. The predicted octanol–water partition coefficient (Wildman–Crippen LogP) is 4.14. The maximum atomic E-state index is 12.1. The Hall–Kier alpha value is -2.36. The third-order valence-electron chi connectivity index (χ3n) is 3.61. The second-order valence-electron chi connectivity index (χ2n) is 6.43. The Labute approximate surface area is 138 Å². The smallest absolute Gasteiger partial charge is 0.269 e. The molecular formula is C19H25N3O. The van der Waals surface area contributed by atoms with Crippen LogP contribution in [0.15, 0.2) is 30.5 Å². The van der Waals surface area contributed by atoms with Gasteiger partial charge in [-0.2, -0.15) is 0 Å². The molecule has 1 aromatic heterocycles. The van der Waals surface area contributed by atoms with Crippen LogP contribution in [0.4, 0.5) is 11.4 Å². The molecule has 0 unspecified atom stereocenters. The van der Waals surface area contributed by atoms with Gasteiger partial charge in [0.25, 0.3) is 5.91 Å². The van der Waals surface area contributed by atoms with Gasteiger partial charge in [-0.3, -0.25) is 9.78 Å². The summed E-state index contributed by atoms with van der Waals surface area (Å²) < 4.78 is 0. The summed E-state index contributed by atoms with van der Waals surface area (Å²) in [7, 11) is 0. The fourth-order valence-electron chi connectivity index (χ4n) is 2.54. The molecule has 0 aliphatic heterocycles. The number of amides is 1. The van der Waals surface area contributed by atoms with Gasteiger partial charge in [0.05, 0.1) is 0 Å². The first-order chi connectivity index (χ1) is 10.9. The molecule has 4 nitrogen and oxygen atoms in total. The minimum atomic E-state index is -0.139. The Balaban J connectivity index is 2.19. The monoisotopic (exact) mass is 311 g/mol. The number of hydrogen-bond acceptors (Lipinski definition) is 3. The van der Waals surface area contributed by atoms with Crippen molar-refractivity contribution in [2.45, 2.75) is 34.6 Å². The molecule has 0 spiro atoms. The number of rotatable bonds is 5. The van der Waals surface area contributed by atoms with Crippen LogP contribution in [0.2, 0.25) is 0 Å². The lowest BCUT2D eigenvalue weighted by Crippen LogP contribution is -2.28. The van der Waals surface area contributed by atoms with Crippen molar-refractivity contribution in [3.63, 3.8) is 0 Å². The van der Waals surface area contributed by atoms with E-state index in [1.165, 1.54) is 16.7 Å². The van der Waals surface area contributed by atoms with Gasteiger partial charge in [-0.05, 0) is 49.9 Å². The van der Waals surface area contributed by atoms with Gasteiger partial charge in [0.2, 0.25) is 0 Å².